The zero-order valence-electron chi connectivity index (χ0n) is 15.4. The van der Waals surface area contributed by atoms with Gasteiger partial charge < -0.3 is 9.80 Å². The Balaban J connectivity index is 1.59. The number of hydrogen-bond donors (Lipinski definition) is 0. The third-order valence-electron chi connectivity index (χ3n) is 5.46. The number of likely N-dealkylation sites (N-methyl/N-ethyl adjacent to an activating group) is 1. The Morgan fingerprint density at radius 1 is 1.04 bits per heavy atom. The van der Waals surface area contributed by atoms with E-state index in [0.29, 0.717) is 32.0 Å². The van der Waals surface area contributed by atoms with Gasteiger partial charge in [0.2, 0.25) is 15.9 Å². The lowest BCUT2D eigenvalue weighted by atomic mass is 9.96. The Morgan fingerprint density at radius 2 is 1.67 bits per heavy atom. The maximum atomic E-state index is 13.4. The van der Waals surface area contributed by atoms with Crippen molar-refractivity contribution < 1.29 is 22.0 Å². The van der Waals surface area contributed by atoms with Crippen LogP contribution in [-0.2, 0) is 14.8 Å². The Bertz CT molecular complexity index is 787. The number of hydrogen-bond acceptors (Lipinski definition) is 4. The molecule has 2 aliphatic heterocycles. The summed E-state index contributed by atoms with van der Waals surface area (Å²) in [5, 5.41) is 0. The lowest BCUT2D eigenvalue weighted by molar-refractivity contribution is -0.138. The van der Waals surface area contributed by atoms with Gasteiger partial charge in [0.25, 0.3) is 0 Å². The maximum Gasteiger partial charge on any atom is 0.243 e. The second kappa shape index (κ2) is 8.20. The third kappa shape index (κ3) is 4.30. The molecule has 27 heavy (non-hydrogen) atoms. The van der Waals surface area contributed by atoms with Crippen LogP contribution in [0.1, 0.15) is 19.8 Å². The van der Waals surface area contributed by atoms with Crippen molar-refractivity contribution in [2.24, 2.45) is 5.92 Å². The van der Waals surface area contributed by atoms with Crippen molar-refractivity contribution in [1.82, 2.24) is 14.1 Å². The number of rotatable bonds is 4. The third-order valence-corrected chi connectivity index (χ3v) is 7.36. The molecule has 0 bridgehead atoms. The Morgan fingerprint density at radius 3 is 2.22 bits per heavy atom. The molecule has 2 aliphatic rings. The normalized spacial score (nSPS) is 20.8. The van der Waals surface area contributed by atoms with E-state index in [0.717, 1.165) is 31.8 Å². The van der Waals surface area contributed by atoms with Gasteiger partial charge in [0.15, 0.2) is 11.6 Å². The van der Waals surface area contributed by atoms with Crippen LogP contribution in [-0.4, -0.2) is 74.2 Å². The first-order chi connectivity index (χ1) is 12.8. The molecule has 2 saturated heterocycles. The highest BCUT2D eigenvalue weighted by atomic mass is 32.2. The minimum Gasteiger partial charge on any atom is -0.340 e. The van der Waals surface area contributed by atoms with E-state index >= 15 is 0 Å². The summed E-state index contributed by atoms with van der Waals surface area (Å²) in [6, 6.07) is 2.59. The number of amides is 1. The molecule has 0 N–H and O–H groups in total. The van der Waals surface area contributed by atoms with Crippen LogP contribution >= 0.6 is 0 Å². The van der Waals surface area contributed by atoms with Gasteiger partial charge in [0, 0.05) is 45.2 Å². The monoisotopic (exact) mass is 401 g/mol. The predicted molar refractivity (Wildman–Crippen MR) is 96.5 cm³/mol. The zero-order chi connectivity index (χ0) is 19.6. The lowest BCUT2D eigenvalue weighted by Gasteiger charge is -2.38. The second-order valence-electron chi connectivity index (χ2n) is 7.01. The summed E-state index contributed by atoms with van der Waals surface area (Å²) in [5.41, 5.74) is 0. The van der Waals surface area contributed by atoms with Gasteiger partial charge in [-0.25, -0.2) is 17.2 Å². The van der Waals surface area contributed by atoms with E-state index in [4.69, 9.17) is 0 Å². The fourth-order valence-corrected chi connectivity index (χ4v) is 5.15. The molecule has 3 rings (SSSR count). The minimum atomic E-state index is -3.89. The van der Waals surface area contributed by atoms with Crippen LogP contribution in [0, 0.1) is 17.6 Å². The largest absolute Gasteiger partial charge is 0.340 e. The Hall–Kier alpha value is -1.58. The SMILES string of the molecule is CCN1CCN(C(=O)C2CCN(S(=O)(=O)c3ccc(F)c(F)c3)CC2)CC1. The summed E-state index contributed by atoms with van der Waals surface area (Å²) in [5.74, 6) is -2.36. The van der Waals surface area contributed by atoms with E-state index in [1.54, 1.807) is 0 Å². The number of sulfonamides is 1. The van der Waals surface area contributed by atoms with Crippen LogP contribution in [0.5, 0.6) is 0 Å². The van der Waals surface area contributed by atoms with Crippen LogP contribution < -0.4 is 0 Å². The fourth-order valence-electron chi connectivity index (χ4n) is 3.67. The van der Waals surface area contributed by atoms with E-state index in [1.165, 1.54) is 4.31 Å². The van der Waals surface area contributed by atoms with Crippen molar-refractivity contribution in [1.29, 1.82) is 0 Å². The molecule has 0 spiro atoms. The first-order valence-corrected chi connectivity index (χ1v) is 10.7. The van der Waals surface area contributed by atoms with E-state index in [9.17, 15) is 22.0 Å². The highest BCUT2D eigenvalue weighted by molar-refractivity contribution is 7.89. The lowest BCUT2D eigenvalue weighted by Crippen LogP contribution is -2.51. The second-order valence-corrected chi connectivity index (χ2v) is 8.95. The van der Waals surface area contributed by atoms with Gasteiger partial charge in [-0.1, -0.05) is 6.92 Å². The first-order valence-electron chi connectivity index (χ1n) is 9.29. The first kappa shape index (κ1) is 20.2. The van der Waals surface area contributed by atoms with Crippen molar-refractivity contribution in [2.45, 2.75) is 24.7 Å². The zero-order valence-corrected chi connectivity index (χ0v) is 16.2. The molecule has 0 saturated carbocycles. The van der Waals surface area contributed by atoms with E-state index < -0.39 is 21.7 Å². The molecule has 9 heteroatoms. The summed E-state index contributed by atoms with van der Waals surface area (Å²) in [7, 11) is -3.89. The van der Waals surface area contributed by atoms with Crippen molar-refractivity contribution >= 4 is 15.9 Å². The highest BCUT2D eigenvalue weighted by Crippen LogP contribution is 2.26. The van der Waals surface area contributed by atoms with Gasteiger partial charge in [-0.15, -0.1) is 0 Å². The maximum absolute atomic E-state index is 13.4. The molecule has 6 nitrogen and oxygen atoms in total. The Labute approximate surface area is 158 Å². The number of carbonyl (C=O) groups excluding carboxylic acids is 1. The molecule has 1 aromatic rings. The van der Waals surface area contributed by atoms with Crippen molar-refractivity contribution in [3.05, 3.63) is 29.8 Å². The van der Waals surface area contributed by atoms with Crippen LogP contribution in [0.4, 0.5) is 8.78 Å². The van der Waals surface area contributed by atoms with Gasteiger partial charge in [0.1, 0.15) is 0 Å². The number of benzene rings is 1. The minimum absolute atomic E-state index is 0.0932. The van der Waals surface area contributed by atoms with E-state index in [1.807, 2.05) is 4.90 Å². The van der Waals surface area contributed by atoms with Gasteiger partial charge in [-0.2, -0.15) is 4.31 Å². The molecular formula is C18H25F2N3O3S. The molecule has 0 unspecified atom stereocenters. The number of piperazine rings is 1. The molecule has 150 valence electrons. The Kier molecular flexibility index (Phi) is 6.12. The summed E-state index contributed by atoms with van der Waals surface area (Å²) in [6.07, 6.45) is 0.880. The van der Waals surface area contributed by atoms with Crippen LogP contribution in [0.2, 0.25) is 0 Å². The van der Waals surface area contributed by atoms with Gasteiger partial charge >= 0.3 is 0 Å². The average molecular weight is 401 g/mol. The molecular weight excluding hydrogens is 376 g/mol. The quantitative estimate of drug-likeness (QED) is 0.768. The summed E-state index contributed by atoms with van der Waals surface area (Å²) in [4.78, 5) is 16.6. The van der Waals surface area contributed by atoms with Crippen LogP contribution in [0.3, 0.4) is 0 Å². The fraction of sp³-hybridized carbons (Fsp3) is 0.611. The van der Waals surface area contributed by atoms with Gasteiger partial charge in [-0.05, 0) is 37.6 Å². The average Bonchev–Trinajstić information content (AvgIpc) is 2.69. The molecule has 1 amide bonds. The molecule has 2 fully saturated rings. The summed E-state index contributed by atoms with van der Waals surface area (Å²) < 4.78 is 53.0. The van der Waals surface area contributed by atoms with Crippen LogP contribution in [0.15, 0.2) is 23.1 Å². The molecule has 0 aromatic heterocycles. The standard InChI is InChI=1S/C18H25F2N3O3S/c1-2-21-9-11-22(12-10-21)18(24)14-5-7-23(8-6-14)27(25,26)15-3-4-16(19)17(20)13-15/h3-4,13-14H,2,5-12H2,1H3. The summed E-state index contributed by atoms with van der Waals surface area (Å²) in [6.45, 7) is 6.62. The van der Waals surface area contributed by atoms with E-state index in [-0.39, 0.29) is 29.8 Å². The number of nitrogens with zero attached hydrogens (tertiary/aromatic N) is 3. The topological polar surface area (TPSA) is 60.9 Å². The van der Waals surface area contributed by atoms with Gasteiger partial charge in [0.05, 0.1) is 4.90 Å². The van der Waals surface area contributed by atoms with Gasteiger partial charge in [-0.3, -0.25) is 4.79 Å². The molecule has 1 aromatic carbocycles. The molecule has 2 heterocycles. The number of carbonyl (C=O) groups is 1. The predicted octanol–water partition coefficient (Wildman–Crippen LogP) is 1.53. The molecule has 0 aliphatic carbocycles. The van der Waals surface area contributed by atoms with Crippen molar-refractivity contribution in [3.8, 4) is 0 Å². The smallest absolute Gasteiger partial charge is 0.243 e. The van der Waals surface area contributed by atoms with E-state index in [2.05, 4.69) is 11.8 Å². The van der Waals surface area contributed by atoms with Crippen LogP contribution in [0.25, 0.3) is 0 Å². The number of piperidine rings is 1. The number of halogens is 2. The van der Waals surface area contributed by atoms with Crippen molar-refractivity contribution in [3.63, 3.8) is 0 Å². The summed E-state index contributed by atoms with van der Waals surface area (Å²) >= 11 is 0. The highest BCUT2D eigenvalue weighted by Gasteiger charge is 2.34. The van der Waals surface area contributed by atoms with Crippen molar-refractivity contribution in [2.75, 3.05) is 45.8 Å². The molecule has 0 radical (unpaired) electrons. The molecule has 0 atom stereocenters.